The Labute approximate surface area is 106 Å². The molecule has 1 amide bonds. The highest BCUT2D eigenvalue weighted by Crippen LogP contribution is 2.08. The number of aryl methyl sites for hydroxylation is 1. The number of benzene rings is 1. The van der Waals surface area contributed by atoms with Gasteiger partial charge in [0, 0.05) is 19.6 Å². The minimum atomic E-state index is -0.205. The van der Waals surface area contributed by atoms with Crippen LogP contribution >= 0.6 is 0 Å². The molecule has 0 aliphatic heterocycles. The van der Waals surface area contributed by atoms with E-state index in [1.54, 1.807) is 17.9 Å². The first-order valence-electron chi connectivity index (χ1n) is 5.73. The standard InChI is InChI=1S/C13H16N4O/c1-17-9-15-8-12(17)13(18)16-7-11(14)10-5-3-2-4-6-10/h2-6,8-9,11H,7,14H2,1H3,(H,16,18). The molecule has 0 aliphatic rings. The molecule has 0 radical (unpaired) electrons. The molecule has 1 heterocycles. The number of nitrogens with one attached hydrogen (secondary N) is 1. The molecular formula is C13H16N4O. The Kier molecular flexibility index (Phi) is 3.74. The largest absolute Gasteiger partial charge is 0.349 e. The van der Waals surface area contributed by atoms with Crippen molar-refractivity contribution >= 4 is 5.91 Å². The van der Waals surface area contributed by atoms with Crippen LogP contribution in [0.1, 0.15) is 22.1 Å². The van der Waals surface area contributed by atoms with Gasteiger partial charge in [0.1, 0.15) is 5.69 Å². The van der Waals surface area contributed by atoms with Gasteiger partial charge in [-0.05, 0) is 5.56 Å². The quantitative estimate of drug-likeness (QED) is 0.837. The van der Waals surface area contributed by atoms with Gasteiger partial charge in [-0.3, -0.25) is 4.79 Å². The molecular weight excluding hydrogens is 228 g/mol. The van der Waals surface area contributed by atoms with E-state index >= 15 is 0 Å². The highest BCUT2D eigenvalue weighted by Gasteiger charge is 2.11. The molecule has 1 aromatic heterocycles. The lowest BCUT2D eigenvalue weighted by Crippen LogP contribution is -2.32. The van der Waals surface area contributed by atoms with Crippen molar-refractivity contribution in [2.24, 2.45) is 12.8 Å². The van der Waals surface area contributed by atoms with Gasteiger partial charge in [0.05, 0.1) is 12.5 Å². The molecule has 0 aliphatic carbocycles. The number of carbonyl (C=O) groups excluding carboxylic acids is 1. The number of carbonyl (C=O) groups is 1. The van der Waals surface area contributed by atoms with Crippen LogP contribution in [-0.2, 0) is 7.05 Å². The lowest BCUT2D eigenvalue weighted by atomic mass is 10.1. The maximum Gasteiger partial charge on any atom is 0.269 e. The summed E-state index contributed by atoms with van der Waals surface area (Å²) in [4.78, 5) is 15.7. The van der Waals surface area contributed by atoms with Gasteiger partial charge in [-0.2, -0.15) is 0 Å². The number of rotatable bonds is 4. The van der Waals surface area contributed by atoms with E-state index in [-0.39, 0.29) is 11.9 Å². The summed E-state index contributed by atoms with van der Waals surface area (Å²) in [7, 11) is 1.78. The van der Waals surface area contributed by atoms with Gasteiger partial charge in [0.25, 0.3) is 5.91 Å². The SMILES string of the molecule is Cn1cncc1C(=O)NCC(N)c1ccccc1. The Morgan fingerprint density at radius 1 is 1.44 bits per heavy atom. The van der Waals surface area contributed by atoms with E-state index in [1.165, 1.54) is 6.20 Å². The normalized spacial score (nSPS) is 12.1. The first kappa shape index (κ1) is 12.3. The van der Waals surface area contributed by atoms with Crippen molar-refractivity contribution in [1.82, 2.24) is 14.9 Å². The number of aromatic nitrogens is 2. The molecule has 5 heteroatoms. The average molecular weight is 244 g/mol. The number of amides is 1. The lowest BCUT2D eigenvalue weighted by molar-refractivity contribution is 0.0943. The predicted octanol–water partition coefficient (Wildman–Crippen LogP) is 0.850. The highest BCUT2D eigenvalue weighted by atomic mass is 16.1. The Morgan fingerprint density at radius 3 is 2.78 bits per heavy atom. The maximum atomic E-state index is 11.8. The van der Waals surface area contributed by atoms with Crippen LogP contribution < -0.4 is 11.1 Å². The molecule has 0 fully saturated rings. The van der Waals surface area contributed by atoms with E-state index in [0.717, 1.165) is 5.56 Å². The topological polar surface area (TPSA) is 72.9 Å². The molecule has 2 aromatic rings. The van der Waals surface area contributed by atoms with Gasteiger partial charge in [0.15, 0.2) is 0 Å². The van der Waals surface area contributed by atoms with E-state index in [2.05, 4.69) is 10.3 Å². The number of nitrogens with two attached hydrogens (primary N) is 1. The Hall–Kier alpha value is -2.14. The van der Waals surface area contributed by atoms with Crippen LogP contribution in [0.3, 0.4) is 0 Å². The van der Waals surface area contributed by atoms with E-state index in [0.29, 0.717) is 12.2 Å². The molecule has 1 aromatic carbocycles. The maximum absolute atomic E-state index is 11.8. The molecule has 18 heavy (non-hydrogen) atoms. The zero-order chi connectivity index (χ0) is 13.0. The number of hydrogen-bond acceptors (Lipinski definition) is 3. The first-order chi connectivity index (χ1) is 8.68. The first-order valence-corrected chi connectivity index (χ1v) is 5.73. The van der Waals surface area contributed by atoms with Crippen LogP contribution in [0.5, 0.6) is 0 Å². The van der Waals surface area contributed by atoms with Crippen molar-refractivity contribution in [1.29, 1.82) is 0 Å². The van der Waals surface area contributed by atoms with Crippen molar-refractivity contribution < 1.29 is 4.79 Å². The molecule has 1 unspecified atom stereocenters. The van der Waals surface area contributed by atoms with Crippen molar-refractivity contribution in [3.63, 3.8) is 0 Å². The van der Waals surface area contributed by atoms with Crippen LogP contribution in [0.15, 0.2) is 42.9 Å². The molecule has 0 saturated carbocycles. The predicted molar refractivity (Wildman–Crippen MR) is 68.9 cm³/mol. The average Bonchev–Trinajstić information content (AvgIpc) is 2.83. The summed E-state index contributed by atoms with van der Waals surface area (Å²) in [6.07, 6.45) is 3.12. The van der Waals surface area contributed by atoms with Gasteiger partial charge in [-0.15, -0.1) is 0 Å². The zero-order valence-corrected chi connectivity index (χ0v) is 10.2. The van der Waals surface area contributed by atoms with Gasteiger partial charge in [0.2, 0.25) is 0 Å². The number of hydrogen-bond donors (Lipinski definition) is 2. The zero-order valence-electron chi connectivity index (χ0n) is 10.2. The van der Waals surface area contributed by atoms with Gasteiger partial charge < -0.3 is 15.6 Å². The molecule has 5 nitrogen and oxygen atoms in total. The summed E-state index contributed by atoms with van der Waals surface area (Å²) in [5, 5.41) is 2.80. The summed E-state index contributed by atoms with van der Waals surface area (Å²) in [6, 6.07) is 9.48. The van der Waals surface area contributed by atoms with Gasteiger partial charge in [-0.1, -0.05) is 30.3 Å². The monoisotopic (exact) mass is 244 g/mol. The van der Waals surface area contributed by atoms with Crippen molar-refractivity contribution in [2.75, 3.05) is 6.54 Å². The summed E-state index contributed by atoms with van der Waals surface area (Å²) >= 11 is 0. The third-order valence-electron chi connectivity index (χ3n) is 2.76. The van der Waals surface area contributed by atoms with Crippen LogP contribution in [0.4, 0.5) is 0 Å². The van der Waals surface area contributed by atoms with Gasteiger partial charge >= 0.3 is 0 Å². The van der Waals surface area contributed by atoms with Crippen molar-refractivity contribution in [3.8, 4) is 0 Å². The lowest BCUT2D eigenvalue weighted by Gasteiger charge is -2.13. The minimum absolute atomic E-state index is 0.165. The van der Waals surface area contributed by atoms with Crippen molar-refractivity contribution in [2.45, 2.75) is 6.04 Å². The fraction of sp³-hybridized carbons (Fsp3) is 0.231. The molecule has 0 saturated heterocycles. The molecule has 0 bridgehead atoms. The van der Waals surface area contributed by atoms with Crippen LogP contribution in [0, 0.1) is 0 Å². The smallest absolute Gasteiger partial charge is 0.269 e. The molecule has 3 N–H and O–H groups in total. The van der Waals surface area contributed by atoms with Gasteiger partial charge in [-0.25, -0.2) is 4.98 Å². The Morgan fingerprint density at radius 2 is 2.17 bits per heavy atom. The molecule has 1 atom stereocenters. The van der Waals surface area contributed by atoms with Crippen LogP contribution in [0.25, 0.3) is 0 Å². The third kappa shape index (κ3) is 2.75. The van der Waals surface area contributed by atoms with Crippen molar-refractivity contribution in [3.05, 3.63) is 54.1 Å². The van der Waals surface area contributed by atoms with E-state index < -0.39 is 0 Å². The molecule has 94 valence electrons. The second-order valence-electron chi connectivity index (χ2n) is 4.12. The van der Waals surface area contributed by atoms with E-state index in [9.17, 15) is 4.79 Å². The highest BCUT2D eigenvalue weighted by molar-refractivity contribution is 5.92. The summed E-state index contributed by atoms with van der Waals surface area (Å²) in [6.45, 7) is 0.397. The summed E-state index contributed by atoms with van der Waals surface area (Å²) in [5.41, 5.74) is 7.52. The Balaban J connectivity index is 1.93. The third-order valence-corrected chi connectivity index (χ3v) is 2.76. The Bertz CT molecular complexity index is 521. The summed E-state index contributed by atoms with van der Waals surface area (Å²) < 4.78 is 1.67. The van der Waals surface area contributed by atoms with E-state index in [1.807, 2.05) is 30.3 Å². The second kappa shape index (κ2) is 5.46. The van der Waals surface area contributed by atoms with Crippen LogP contribution in [-0.4, -0.2) is 22.0 Å². The molecule has 0 spiro atoms. The molecule has 2 rings (SSSR count). The second-order valence-corrected chi connectivity index (χ2v) is 4.12. The number of nitrogens with zero attached hydrogens (tertiary/aromatic N) is 2. The minimum Gasteiger partial charge on any atom is -0.349 e. The van der Waals surface area contributed by atoms with Crippen LogP contribution in [0.2, 0.25) is 0 Å². The van der Waals surface area contributed by atoms with E-state index in [4.69, 9.17) is 5.73 Å². The fourth-order valence-corrected chi connectivity index (χ4v) is 1.69. The summed E-state index contributed by atoms with van der Waals surface area (Å²) in [5.74, 6) is -0.165. The number of imidazole rings is 1. The fourth-order valence-electron chi connectivity index (χ4n) is 1.69.